The first-order valence-electron chi connectivity index (χ1n) is 8.04. The molecular weight excluding hydrogens is 326 g/mol. The molecule has 0 unspecified atom stereocenters. The number of carbonyl (C=O) groups excluding carboxylic acids is 1. The molecule has 128 valence electrons. The van der Waals surface area contributed by atoms with E-state index in [1.165, 1.54) is 0 Å². The average molecular weight is 342 g/mol. The standard InChI is InChI=1S/C18H16F2N4O/c1-9-16-14(18(25)21-13-6-11(19)5-12(20)7-13)8-15(10-3-4-10)22-17(16)24(2)23-9/h5-8,10H,3-4H2,1-2H3,(H,21,25). The van der Waals surface area contributed by atoms with Crippen LogP contribution < -0.4 is 5.32 Å². The normalized spacial score (nSPS) is 14.1. The number of carbonyl (C=O) groups is 1. The van der Waals surface area contributed by atoms with E-state index in [-0.39, 0.29) is 5.69 Å². The summed E-state index contributed by atoms with van der Waals surface area (Å²) >= 11 is 0. The molecule has 1 fully saturated rings. The van der Waals surface area contributed by atoms with Crippen molar-refractivity contribution in [1.29, 1.82) is 0 Å². The topological polar surface area (TPSA) is 59.8 Å². The number of nitrogens with zero attached hydrogens (tertiary/aromatic N) is 3. The number of rotatable bonds is 3. The van der Waals surface area contributed by atoms with E-state index in [4.69, 9.17) is 0 Å². The second kappa shape index (κ2) is 5.61. The number of hydrogen-bond acceptors (Lipinski definition) is 3. The number of pyridine rings is 1. The highest BCUT2D eigenvalue weighted by atomic mass is 19.1. The van der Waals surface area contributed by atoms with Crippen LogP contribution in [0.5, 0.6) is 0 Å². The molecule has 1 N–H and O–H groups in total. The molecule has 0 saturated heterocycles. The Bertz CT molecular complexity index is 988. The van der Waals surface area contributed by atoms with Gasteiger partial charge in [0.25, 0.3) is 5.91 Å². The first-order chi connectivity index (χ1) is 11.9. The van der Waals surface area contributed by atoms with Gasteiger partial charge in [0.15, 0.2) is 5.65 Å². The molecule has 3 aromatic rings. The highest BCUT2D eigenvalue weighted by Crippen LogP contribution is 2.40. The molecule has 2 aromatic heterocycles. The van der Waals surface area contributed by atoms with Crippen LogP contribution in [-0.4, -0.2) is 20.7 Å². The van der Waals surface area contributed by atoms with Crippen LogP contribution in [0.15, 0.2) is 24.3 Å². The lowest BCUT2D eigenvalue weighted by atomic mass is 10.1. The SMILES string of the molecule is Cc1nn(C)c2nc(C3CC3)cc(C(=O)Nc3cc(F)cc(F)c3)c12. The summed E-state index contributed by atoms with van der Waals surface area (Å²) in [5.74, 6) is -1.56. The number of aromatic nitrogens is 3. The van der Waals surface area contributed by atoms with Gasteiger partial charge in [0.1, 0.15) is 11.6 Å². The van der Waals surface area contributed by atoms with Crippen molar-refractivity contribution < 1.29 is 13.6 Å². The van der Waals surface area contributed by atoms with Crippen molar-refractivity contribution >= 4 is 22.6 Å². The van der Waals surface area contributed by atoms with Crippen molar-refractivity contribution in [1.82, 2.24) is 14.8 Å². The van der Waals surface area contributed by atoms with Gasteiger partial charge in [-0.3, -0.25) is 9.48 Å². The Balaban J connectivity index is 1.80. The number of hydrogen-bond donors (Lipinski definition) is 1. The van der Waals surface area contributed by atoms with E-state index in [1.807, 2.05) is 0 Å². The van der Waals surface area contributed by atoms with Crippen LogP contribution in [0, 0.1) is 18.6 Å². The Morgan fingerprint density at radius 1 is 1.20 bits per heavy atom. The van der Waals surface area contributed by atoms with Crippen molar-refractivity contribution in [2.75, 3.05) is 5.32 Å². The van der Waals surface area contributed by atoms with Gasteiger partial charge in [-0.2, -0.15) is 5.10 Å². The Morgan fingerprint density at radius 2 is 1.88 bits per heavy atom. The maximum atomic E-state index is 13.4. The fourth-order valence-corrected chi connectivity index (χ4v) is 3.06. The van der Waals surface area contributed by atoms with Crippen molar-refractivity contribution in [2.24, 2.45) is 7.05 Å². The minimum atomic E-state index is -0.744. The molecule has 1 aromatic carbocycles. The summed E-state index contributed by atoms with van der Waals surface area (Å²) in [6.45, 7) is 1.81. The summed E-state index contributed by atoms with van der Waals surface area (Å²) in [7, 11) is 1.78. The zero-order valence-corrected chi connectivity index (χ0v) is 13.8. The van der Waals surface area contributed by atoms with Crippen LogP contribution in [0.1, 0.15) is 40.5 Å². The van der Waals surface area contributed by atoms with Gasteiger partial charge in [-0.1, -0.05) is 0 Å². The molecule has 1 aliphatic rings. The molecule has 1 aliphatic carbocycles. The fraction of sp³-hybridized carbons (Fsp3) is 0.278. The molecular formula is C18H16F2N4O. The Labute approximate surface area is 142 Å². The molecule has 0 bridgehead atoms. The zero-order valence-electron chi connectivity index (χ0n) is 13.8. The molecule has 7 heteroatoms. The fourth-order valence-electron chi connectivity index (χ4n) is 3.06. The van der Waals surface area contributed by atoms with Gasteiger partial charge < -0.3 is 5.32 Å². The van der Waals surface area contributed by atoms with Crippen molar-refractivity contribution in [2.45, 2.75) is 25.7 Å². The maximum absolute atomic E-state index is 13.4. The van der Waals surface area contributed by atoms with Crippen LogP contribution in [0.25, 0.3) is 11.0 Å². The molecule has 0 aliphatic heterocycles. The Hall–Kier alpha value is -2.83. The average Bonchev–Trinajstić information content (AvgIpc) is 3.33. The van der Waals surface area contributed by atoms with Gasteiger partial charge in [0.05, 0.1) is 16.6 Å². The van der Waals surface area contributed by atoms with E-state index < -0.39 is 17.5 Å². The van der Waals surface area contributed by atoms with Crippen LogP contribution in [0.2, 0.25) is 0 Å². The minimum Gasteiger partial charge on any atom is -0.322 e. The second-order valence-corrected chi connectivity index (χ2v) is 6.39. The number of nitrogens with one attached hydrogen (secondary N) is 1. The number of amides is 1. The highest BCUT2D eigenvalue weighted by molar-refractivity contribution is 6.12. The van der Waals surface area contributed by atoms with E-state index in [2.05, 4.69) is 15.4 Å². The Morgan fingerprint density at radius 3 is 2.52 bits per heavy atom. The summed E-state index contributed by atoms with van der Waals surface area (Å²) in [4.78, 5) is 17.4. The molecule has 25 heavy (non-hydrogen) atoms. The van der Waals surface area contributed by atoms with Crippen LogP contribution in [-0.2, 0) is 7.05 Å². The largest absolute Gasteiger partial charge is 0.322 e. The lowest BCUT2D eigenvalue weighted by molar-refractivity contribution is 0.102. The Kier molecular flexibility index (Phi) is 3.52. The van der Waals surface area contributed by atoms with E-state index in [0.717, 1.165) is 36.7 Å². The van der Waals surface area contributed by atoms with Gasteiger partial charge in [0, 0.05) is 30.4 Å². The molecule has 5 nitrogen and oxygen atoms in total. The number of benzene rings is 1. The third-order valence-electron chi connectivity index (χ3n) is 4.35. The molecule has 0 spiro atoms. The summed E-state index contributed by atoms with van der Waals surface area (Å²) in [5, 5.41) is 7.57. The molecule has 1 saturated carbocycles. The highest BCUT2D eigenvalue weighted by Gasteiger charge is 2.28. The first-order valence-corrected chi connectivity index (χ1v) is 8.04. The molecule has 1 amide bonds. The summed E-state index contributed by atoms with van der Waals surface area (Å²) in [5.41, 5.74) is 2.66. The molecule has 2 heterocycles. The van der Waals surface area contributed by atoms with E-state index in [9.17, 15) is 13.6 Å². The van der Waals surface area contributed by atoms with Crippen molar-refractivity contribution in [3.05, 3.63) is 52.9 Å². The van der Waals surface area contributed by atoms with E-state index in [0.29, 0.717) is 28.2 Å². The summed E-state index contributed by atoms with van der Waals surface area (Å²) in [6, 6.07) is 4.69. The van der Waals surface area contributed by atoms with Crippen molar-refractivity contribution in [3.63, 3.8) is 0 Å². The van der Waals surface area contributed by atoms with Gasteiger partial charge in [-0.15, -0.1) is 0 Å². The van der Waals surface area contributed by atoms with E-state index >= 15 is 0 Å². The van der Waals surface area contributed by atoms with Crippen LogP contribution in [0.4, 0.5) is 14.5 Å². The quantitative estimate of drug-likeness (QED) is 0.790. The monoisotopic (exact) mass is 342 g/mol. The number of fused-ring (bicyclic) bond motifs is 1. The van der Waals surface area contributed by atoms with Crippen LogP contribution in [0.3, 0.4) is 0 Å². The lowest BCUT2D eigenvalue weighted by Crippen LogP contribution is -2.14. The smallest absolute Gasteiger partial charge is 0.256 e. The van der Waals surface area contributed by atoms with Gasteiger partial charge in [-0.05, 0) is 38.0 Å². The van der Waals surface area contributed by atoms with E-state index in [1.54, 1.807) is 24.7 Å². The summed E-state index contributed by atoms with van der Waals surface area (Å²) in [6.07, 6.45) is 2.09. The number of halogens is 2. The second-order valence-electron chi connectivity index (χ2n) is 6.39. The van der Waals surface area contributed by atoms with Gasteiger partial charge >= 0.3 is 0 Å². The molecule has 4 rings (SSSR count). The predicted octanol–water partition coefficient (Wildman–Crippen LogP) is 3.68. The zero-order chi connectivity index (χ0) is 17.7. The number of aryl methyl sites for hydroxylation is 2. The summed E-state index contributed by atoms with van der Waals surface area (Å²) < 4.78 is 28.4. The third kappa shape index (κ3) is 2.86. The lowest BCUT2D eigenvalue weighted by Gasteiger charge is -2.09. The predicted molar refractivity (Wildman–Crippen MR) is 89.5 cm³/mol. The van der Waals surface area contributed by atoms with Crippen molar-refractivity contribution in [3.8, 4) is 0 Å². The minimum absolute atomic E-state index is 0.0713. The number of anilines is 1. The first kappa shape index (κ1) is 15.7. The molecule has 0 radical (unpaired) electrons. The van der Waals surface area contributed by atoms with Gasteiger partial charge in [-0.25, -0.2) is 13.8 Å². The maximum Gasteiger partial charge on any atom is 0.256 e. The third-order valence-corrected chi connectivity index (χ3v) is 4.35. The van der Waals surface area contributed by atoms with Gasteiger partial charge in [0.2, 0.25) is 0 Å². The van der Waals surface area contributed by atoms with Crippen LogP contribution >= 0.6 is 0 Å². The molecule has 0 atom stereocenters.